The molecule has 0 aliphatic carbocycles. The third-order valence-corrected chi connectivity index (χ3v) is 5.14. The summed E-state index contributed by atoms with van der Waals surface area (Å²) < 4.78 is 24.2. The molecule has 8 nitrogen and oxygen atoms in total. The summed E-state index contributed by atoms with van der Waals surface area (Å²) in [7, 11) is 0. The van der Waals surface area contributed by atoms with Crippen molar-refractivity contribution in [2.24, 2.45) is 4.99 Å². The number of benzene rings is 1. The molecule has 1 aromatic heterocycles. The quantitative estimate of drug-likeness (QED) is 0.465. The lowest BCUT2D eigenvalue weighted by Gasteiger charge is -2.34. The second-order valence-corrected chi connectivity index (χ2v) is 7.81. The molecule has 3 rings (SSSR count). The highest BCUT2D eigenvalue weighted by Crippen LogP contribution is 2.22. The molecule has 2 aromatic rings. The van der Waals surface area contributed by atoms with Crippen LogP contribution < -0.4 is 10.6 Å². The predicted molar refractivity (Wildman–Crippen MR) is 118 cm³/mol. The van der Waals surface area contributed by atoms with Crippen molar-refractivity contribution in [1.82, 2.24) is 25.7 Å². The van der Waals surface area contributed by atoms with E-state index in [1.165, 1.54) is 12.1 Å². The average Bonchev–Trinajstić information content (AvgIpc) is 3.25. The minimum atomic E-state index is -0.232. The van der Waals surface area contributed by atoms with E-state index in [-0.39, 0.29) is 17.8 Å². The van der Waals surface area contributed by atoms with Crippen LogP contribution in [-0.2, 0) is 11.2 Å². The molecule has 1 unspecified atom stereocenters. The Labute approximate surface area is 183 Å². The fourth-order valence-electron chi connectivity index (χ4n) is 3.42. The minimum absolute atomic E-state index is 0.0597. The molecule has 1 fully saturated rings. The summed E-state index contributed by atoms with van der Waals surface area (Å²) in [5, 5.41) is 10.6. The second-order valence-electron chi connectivity index (χ2n) is 7.81. The van der Waals surface area contributed by atoms with Crippen LogP contribution in [0.15, 0.2) is 33.8 Å². The Morgan fingerprint density at radius 1 is 1.19 bits per heavy atom. The van der Waals surface area contributed by atoms with Crippen LogP contribution in [0.4, 0.5) is 4.39 Å². The van der Waals surface area contributed by atoms with E-state index in [1.54, 1.807) is 0 Å². The van der Waals surface area contributed by atoms with Gasteiger partial charge in [-0.2, -0.15) is 4.98 Å². The molecule has 1 saturated heterocycles. The summed E-state index contributed by atoms with van der Waals surface area (Å²) in [6, 6.07) is 6.75. The molecule has 1 atom stereocenters. The van der Waals surface area contributed by atoms with Gasteiger partial charge in [0.15, 0.2) is 11.8 Å². The Morgan fingerprint density at radius 3 is 2.58 bits per heavy atom. The maximum absolute atomic E-state index is 13.4. The van der Waals surface area contributed by atoms with Crippen LogP contribution in [0.2, 0.25) is 0 Å². The van der Waals surface area contributed by atoms with E-state index in [1.807, 2.05) is 32.9 Å². The van der Waals surface area contributed by atoms with Gasteiger partial charge in [0, 0.05) is 38.5 Å². The molecule has 31 heavy (non-hydrogen) atoms. The van der Waals surface area contributed by atoms with E-state index in [0.29, 0.717) is 38.6 Å². The smallest absolute Gasteiger partial charge is 0.228 e. The maximum Gasteiger partial charge on any atom is 0.228 e. The Kier molecular flexibility index (Phi) is 8.78. The number of rotatable bonds is 9. The first-order chi connectivity index (χ1) is 15.1. The van der Waals surface area contributed by atoms with Gasteiger partial charge in [0.05, 0.1) is 25.8 Å². The van der Waals surface area contributed by atoms with Crippen LogP contribution >= 0.6 is 0 Å². The summed E-state index contributed by atoms with van der Waals surface area (Å²) >= 11 is 0. The van der Waals surface area contributed by atoms with Crippen LogP contribution in [-0.4, -0.2) is 66.9 Å². The molecule has 9 heteroatoms. The fourth-order valence-corrected chi connectivity index (χ4v) is 3.42. The highest BCUT2D eigenvalue weighted by Gasteiger charge is 2.22. The van der Waals surface area contributed by atoms with Crippen molar-refractivity contribution in [3.63, 3.8) is 0 Å². The van der Waals surface area contributed by atoms with E-state index in [4.69, 9.17) is 14.3 Å². The van der Waals surface area contributed by atoms with Gasteiger partial charge in [0.1, 0.15) is 5.82 Å². The second kappa shape index (κ2) is 11.8. The van der Waals surface area contributed by atoms with Crippen molar-refractivity contribution >= 4 is 5.96 Å². The molecular weight excluding hydrogens is 399 g/mol. The number of hydrogen-bond acceptors (Lipinski definition) is 6. The first-order valence-corrected chi connectivity index (χ1v) is 11.0. The number of guanidine groups is 1. The van der Waals surface area contributed by atoms with Crippen molar-refractivity contribution in [3.8, 4) is 0 Å². The Hall–Kier alpha value is -2.52. The van der Waals surface area contributed by atoms with Crippen molar-refractivity contribution in [1.29, 1.82) is 0 Å². The molecule has 0 amide bonds. The van der Waals surface area contributed by atoms with E-state index in [2.05, 4.69) is 25.7 Å². The normalized spacial score (nSPS) is 16.5. The summed E-state index contributed by atoms with van der Waals surface area (Å²) in [6.45, 7) is 11.1. The molecule has 1 aromatic carbocycles. The van der Waals surface area contributed by atoms with Gasteiger partial charge in [0.25, 0.3) is 0 Å². The van der Waals surface area contributed by atoms with Gasteiger partial charge < -0.3 is 19.9 Å². The summed E-state index contributed by atoms with van der Waals surface area (Å²) in [5.41, 5.74) is 1.05. The van der Waals surface area contributed by atoms with Gasteiger partial charge in [-0.25, -0.2) is 4.39 Å². The zero-order valence-electron chi connectivity index (χ0n) is 18.6. The van der Waals surface area contributed by atoms with Crippen LogP contribution in [0.25, 0.3) is 0 Å². The topological polar surface area (TPSA) is 87.8 Å². The van der Waals surface area contributed by atoms with E-state index >= 15 is 0 Å². The molecule has 1 aliphatic heterocycles. The lowest BCUT2D eigenvalue weighted by molar-refractivity contribution is 0.0179. The van der Waals surface area contributed by atoms with E-state index in [0.717, 1.165) is 37.0 Å². The molecule has 0 saturated carbocycles. The molecule has 1 aliphatic rings. The van der Waals surface area contributed by atoms with E-state index < -0.39 is 0 Å². The van der Waals surface area contributed by atoms with Gasteiger partial charge in [-0.3, -0.25) is 9.89 Å². The third kappa shape index (κ3) is 7.00. The number of nitrogens with zero attached hydrogens (tertiary/aromatic N) is 4. The molecular formula is C22H33FN6O2. The third-order valence-electron chi connectivity index (χ3n) is 5.14. The first kappa shape index (κ1) is 23.1. The predicted octanol–water partition coefficient (Wildman–Crippen LogP) is 2.50. The zero-order valence-corrected chi connectivity index (χ0v) is 18.6. The molecule has 2 N–H and O–H groups in total. The molecule has 170 valence electrons. The fraction of sp³-hybridized carbons (Fsp3) is 0.591. The summed E-state index contributed by atoms with van der Waals surface area (Å²) in [4.78, 5) is 11.6. The SMILES string of the molecule is CCNC(=NCC(c1ccc(F)cc1)N1CCOCC1)NCCc1nc(C(C)C)no1. The van der Waals surface area contributed by atoms with Gasteiger partial charge in [-0.05, 0) is 24.6 Å². The standard InChI is InChI=1S/C22H33FN6O2/c1-4-24-22(25-10-9-20-27-21(16(2)3)28-31-20)26-15-19(29-11-13-30-14-12-29)17-5-7-18(23)8-6-17/h5-8,16,19H,4,9-15H2,1-3H3,(H2,24,25,26). The van der Waals surface area contributed by atoms with Crippen LogP contribution in [0.1, 0.15) is 50.0 Å². The number of aliphatic imine (C=N–C) groups is 1. The van der Waals surface area contributed by atoms with Gasteiger partial charge in [0.2, 0.25) is 5.89 Å². The van der Waals surface area contributed by atoms with Crippen LogP contribution in [0, 0.1) is 5.82 Å². The molecule has 0 radical (unpaired) electrons. The monoisotopic (exact) mass is 432 g/mol. The Balaban J connectivity index is 1.63. The van der Waals surface area contributed by atoms with Crippen molar-refractivity contribution in [3.05, 3.63) is 47.4 Å². The highest BCUT2D eigenvalue weighted by atomic mass is 19.1. The average molecular weight is 433 g/mol. The largest absolute Gasteiger partial charge is 0.379 e. The van der Waals surface area contributed by atoms with E-state index in [9.17, 15) is 4.39 Å². The minimum Gasteiger partial charge on any atom is -0.379 e. The van der Waals surface area contributed by atoms with Gasteiger partial charge >= 0.3 is 0 Å². The number of hydrogen-bond donors (Lipinski definition) is 2. The number of ether oxygens (including phenoxy) is 1. The molecule has 0 bridgehead atoms. The number of morpholine rings is 1. The molecule has 2 heterocycles. The van der Waals surface area contributed by atoms with Crippen molar-refractivity contribution in [2.75, 3.05) is 45.9 Å². The maximum atomic E-state index is 13.4. The lowest BCUT2D eigenvalue weighted by Crippen LogP contribution is -2.42. The zero-order chi connectivity index (χ0) is 22.1. The Bertz CT molecular complexity index is 818. The van der Waals surface area contributed by atoms with Crippen LogP contribution in [0.3, 0.4) is 0 Å². The van der Waals surface area contributed by atoms with Crippen molar-refractivity contribution < 1.29 is 13.7 Å². The lowest BCUT2D eigenvalue weighted by atomic mass is 10.0. The number of halogens is 1. The van der Waals surface area contributed by atoms with Crippen molar-refractivity contribution in [2.45, 2.75) is 39.2 Å². The number of nitrogens with one attached hydrogen (secondary N) is 2. The van der Waals surface area contributed by atoms with Gasteiger partial charge in [-0.1, -0.05) is 31.1 Å². The number of aromatic nitrogens is 2. The van der Waals surface area contributed by atoms with Crippen LogP contribution in [0.5, 0.6) is 0 Å². The summed E-state index contributed by atoms with van der Waals surface area (Å²) in [6.07, 6.45) is 0.620. The van der Waals surface area contributed by atoms with Gasteiger partial charge in [-0.15, -0.1) is 0 Å². The molecule has 0 spiro atoms. The highest BCUT2D eigenvalue weighted by molar-refractivity contribution is 5.79. The Morgan fingerprint density at radius 2 is 1.94 bits per heavy atom. The summed E-state index contributed by atoms with van der Waals surface area (Å²) in [5.74, 6) is 2.08. The first-order valence-electron chi connectivity index (χ1n) is 11.0.